The average molecular weight is 464 g/mol. The lowest BCUT2D eigenvalue weighted by molar-refractivity contribution is -0.126. The van der Waals surface area contributed by atoms with Crippen molar-refractivity contribution < 1.29 is 17.9 Å². The fourth-order valence-electron chi connectivity index (χ4n) is 4.03. The summed E-state index contributed by atoms with van der Waals surface area (Å²) >= 11 is 1.21. The number of carbonyl (C=O) groups excluding carboxylic acids is 1. The first-order chi connectivity index (χ1) is 15.0. The summed E-state index contributed by atoms with van der Waals surface area (Å²) in [5, 5.41) is 4.75. The van der Waals surface area contributed by atoms with Crippen LogP contribution < -0.4 is 5.32 Å². The number of nitrogens with one attached hydrogen (secondary N) is 1. The van der Waals surface area contributed by atoms with Gasteiger partial charge < -0.3 is 10.1 Å². The van der Waals surface area contributed by atoms with Gasteiger partial charge in [-0.1, -0.05) is 30.3 Å². The van der Waals surface area contributed by atoms with Crippen LogP contribution in [0.25, 0.3) is 0 Å². The van der Waals surface area contributed by atoms with Crippen molar-refractivity contribution in [3.63, 3.8) is 0 Å². The van der Waals surface area contributed by atoms with E-state index in [0.29, 0.717) is 30.1 Å². The van der Waals surface area contributed by atoms with Gasteiger partial charge in [-0.25, -0.2) is 8.42 Å². The normalized spacial score (nSPS) is 21.1. The molecule has 168 valence electrons. The summed E-state index contributed by atoms with van der Waals surface area (Å²) in [6, 6.07) is 11.7. The zero-order chi connectivity index (χ0) is 21.7. The second kappa shape index (κ2) is 10.2. The molecule has 7 nitrogen and oxygen atoms in total. The van der Waals surface area contributed by atoms with E-state index < -0.39 is 10.0 Å². The fourth-order valence-corrected chi connectivity index (χ4v) is 6.69. The number of morpholine rings is 1. The fraction of sp³-hybridized carbons (Fsp3) is 0.500. The summed E-state index contributed by atoms with van der Waals surface area (Å²) in [4.78, 5) is 15.1. The molecule has 2 aliphatic heterocycles. The highest BCUT2D eigenvalue weighted by molar-refractivity contribution is 7.91. The van der Waals surface area contributed by atoms with E-state index in [0.717, 1.165) is 38.4 Å². The van der Waals surface area contributed by atoms with Crippen molar-refractivity contribution in [1.82, 2.24) is 14.5 Å². The molecule has 1 aromatic heterocycles. The van der Waals surface area contributed by atoms with Crippen LogP contribution in [-0.4, -0.2) is 62.9 Å². The van der Waals surface area contributed by atoms with Crippen molar-refractivity contribution in [2.24, 2.45) is 5.92 Å². The SMILES string of the molecule is O=C(NCc1ccc(CN2CCOCC2)cc1)C1CCCN(S(=O)(=O)c2cccs2)C1. The predicted molar refractivity (Wildman–Crippen MR) is 120 cm³/mol. The van der Waals surface area contributed by atoms with Crippen molar-refractivity contribution >= 4 is 27.3 Å². The molecule has 0 aliphatic carbocycles. The van der Waals surface area contributed by atoms with Gasteiger partial charge in [-0.05, 0) is 35.4 Å². The smallest absolute Gasteiger partial charge is 0.252 e. The maximum Gasteiger partial charge on any atom is 0.252 e. The number of benzene rings is 1. The molecule has 1 N–H and O–H groups in total. The van der Waals surface area contributed by atoms with Gasteiger partial charge >= 0.3 is 0 Å². The van der Waals surface area contributed by atoms with Gasteiger partial charge in [-0.3, -0.25) is 9.69 Å². The number of amides is 1. The molecular formula is C22H29N3O4S2. The molecule has 2 aliphatic rings. The molecule has 1 amide bonds. The monoisotopic (exact) mass is 463 g/mol. The van der Waals surface area contributed by atoms with Gasteiger partial charge in [0.25, 0.3) is 10.0 Å². The maximum absolute atomic E-state index is 12.8. The van der Waals surface area contributed by atoms with Gasteiger partial charge in [0.2, 0.25) is 5.91 Å². The Morgan fingerprint density at radius 1 is 1.10 bits per heavy atom. The number of sulfonamides is 1. The number of carbonyl (C=O) groups is 1. The Morgan fingerprint density at radius 3 is 2.55 bits per heavy atom. The summed E-state index contributed by atoms with van der Waals surface area (Å²) in [7, 11) is -3.51. The van der Waals surface area contributed by atoms with Crippen LogP contribution >= 0.6 is 11.3 Å². The first-order valence-corrected chi connectivity index (χ1v) is 13.0. The van der Waals surface area contributed by atoms with Gasteiger partial charge in [0.05, 0.1) is 19.1 Å². The standard InChI is InChI=1S/C22H29N3O4S2/c26-22(20-3-1-9-25(17-20)31(27,28)21-4-2-14-30-21)23-15-18-5-7-19(8-6-18)16-24-10-12-29-13-11-24/h2,4-8,14,20H,1,3,9-13,15-17H2,(H,23,26). The molecule has 2 fully saturated rings. The molecule has 2 aromatic rings. The van der Waals surface area contributed by atoms with Crippen LogP contribution in [-0.2, 0) is 32.6 Å². The molecular weight excluding hydrogens is 434 g/mol. The topological polar surface area (TPSA) is 79.0 Å². The van der Waals surface area contributed by atoms with E-state index in [1.807, 2.05) is 12.1 Å². The molecule has 2 saturated heterocycles. The number of hydrogen-bond donors (Lipinski definition) is 1. The molecule has 31 heavy (non-hydrogen) atoms. The molecule has 3 heterocycles. The van der Waals surface area contributed by atoms with E-state index >= 15 is 0 Å². The Balaban J connectivity index is 1.28. The number of thiophene rings is 1. The largest absolute Gasteiger partial charge is 0.379 e. The Morgan fingerprint density at radius 2 is 1.84 bits per heavy atom. The Kier molecular flexibility index (Phi) is 7.39. The molecule has 9 heteroatoms. The van der Waals surface area contributed by atoms with Gasteiger partial charge in [0.1, 0.15) is 4.21 Å². The van der Waals surface area contributed by atoms with Crippen molar-refractivity contribution in [2.45, 2.75) is 30.1 Å². The summed E-state index contributed by atoms with van der Waals surface area (Å²) in [5.74, 6) is -0.396. The quantitative estimate of drug-likeness (QED) is 0.682. The van der Waals surface area contributed by atoms with Gasteiger partial charge in [0.15, 0.2) is 0 Å². The molecule has 1 atom stereocenters. The molecule has 0 radical (unpaired) electrons. The number of piperidine rings is 1. The minimum Gasteiger partial charge on any atom is -0.379 e. The third kappa shape index (κ3) is 5.72. The van der Waals surface area contributed by atoms with Crippen LogP contribution in [0.2, 0.25) is 0 Å². The lowest BCUT2D eigenvalue weighted by atomic mass is 9.98. The highest BCUT2D eigenvalue weighted by Gasteiger charge is 2.33. The number of nitrogens with zero attached hydrogens (tertiary/aromatic N) is 2. The summed E-state index contributed by atoms with van der Waals surface area (Å²) < 4.78 is 32.7. The third-order valence-corrected chi connectivity index (χ3v) is 9.08. The highest BCUT2D eigenvalue weighted by Crippen LogP contribution is 2.26. The van der Waals surface area contributed by atoms with E-state index in [-0.39, 0.29) is 18.4 Å². The van der Waals surface area contributed by atoms with E-state index in [1.54, 1.807) is 17.5 Å². The Labute approximate surface area is 188 Å². The first-order valence-electron chi connectivity index (χ1n) is 10.7. The lowest BCUT2D eigenvalue weighted by Gasteiger charge is -2.30. The Bertz CT molecular complexity index is 955. The average Bonchev–Trinajstić information content (AvgIpc) is 3.35. The van der Waals surface area contributed by atoms with Gasteiger partial charge in [-0.15, -0.1) is 11.3 Å². The zero-order valence-corrected chi connectivity index (χ0v) is 19.2. The molecule has 4 rings (SSSR count). The molecule has 1 unspecified atom stereocenters. The van der Waals surface area contributed by atoms with E-state index in [2.05, 4.69) is 22.3 Å². The minimum absolute atomic E-state index is 0.0801. The highest BCUT2D eigenvalue weighted by atomic mass is 32.2. The second-order valence-electron chi connectivity index (χ2n) is 8.06. The van der Waals surface area contributed by atoms with Crippen LogP contribution in [0.15, 0.2) is 46.0 Å². The number of ether oxygens (including phenoxy) is 1. The van der Waals surface area contributed by atoms with Crippen LogP contribution in [0.4, 0.5) is 0 Å². The molecule has 0 spiro atoms. The van der Waals surface area contributed by atoms with Crippen molar-refractivity contribution in [2.75, 3.05) is 39.4 Å². The van der Waals surface area contributed by atoms with Crippen LogP contribution in [0.5, 0.6) is 0 Å². The van der Waals surface area contributed by atoms with Crippen molar-refractivity contribution in [3.8, 4) is 0 Å². The molecule has 0 saturated carbocycles. The third-order valence-electron chi connectivity index (χ3n) is 5.84. The minimum atomic E-state index is -3.51. The maximum atomic E-state index is 12.8. The second-order valence-corrected chi connectivity index (χ2v) is 11.2. The summed E-state index contributed by atoms with van der Waals surface area (Å²) in [6.07, 6.45) is 1.40. The summed E-state index contributed by atoms with van der Waals surface area (Å²) in [6.45, 7) is 5.56. The van der Waals surface area contributed by atoms with Crippen LogP contribution in [0.1, 0.15) is 24.0 Å². The predicted octanol–water partition coefficient (Wildman–Crippen LogP) is 2.30. The van der Waals surface area contributed by atoms with Crippen LogP contribution in [0.3, 0.4) is 0 Å². The lowest BCUT2D eigenvalue weighted by Crippen LogP contribution is -2.45. The number of hydrogen-bond acceptors (Lipinski definition) is 6. The molecule has 1 aromatic carbocycles. The van der Waals surface area contributed by atoms with Crippen molar-refractivity contribution in [1.29, 1.82) is 0 Å². The van der Waals surface area contributed by atoms with Crippen LogP contribution in [0, 0.1) is 5.92 Å². The van der Waals surface area contributed by atoms with Crippen molar-refractivity contribution in [3.05, 3.63) is 52.9 Å². The first kappa shape index (κ1) is 22.4. The van der Waals surface area contributed by atoms with E-state index in [1.165, 1.54) is 21.2 Å². The van der Waals surface area contributed by atoms with Gasteiger partial charge in [0, 0.05) is 39.3 Å². The number of rotatable bonds is 7. The molecule has 0 bridgehead atoms. The van der Waals surface area contributed by atoms with Gasteiger partial charge in [-0.2, -0.15) is 4.31 Å². The summed E-state index contributed by atoms with van der Waals surface area (Å²) in [5.41, 5.74) is 2.29. The van der Waals surface area contributed by atoms with E-state index in [9.17, 15) is 13.2 Å². The zero-order valence-electron chi connectivity index (χ0n) is 17.5. The van der Waals surface area contributed by atoms with E-state index in [4.69, 9.17) is 4.74 Å². The Hall–Kier alpha value is -1.78.